The molecule has 0 saturated carbocycles. The van der Waals surface area contributed by atoms with Gasteiger partial charge in [-0.25, -0.2) is 0 Å². The maximum Gasteiger partial charge on any atom is 0.264 e. The van der Waals surface area contributed by atoms with Gasteiger partial charge in [0.25, 0.3) is 5.91 Å². The van der Waals surface area contributed by atoms with Crippen molar-refractivity contribution in [3.63, 3.8) is 0 Å². The fourth-order valence-electron chi connectivity index (χ4n) is 3.50. The molecule has 1 fully saturated rings. The van der Waals surface area contributed by atoms with Gasteiger partial charge in [-0.3, -0.25) is 14.5 Å². The molecule has 1 aliphatic heterocycles. The van der Waals surface area contributed by atoms with Crippen molar-refractivity contribution in [2.75, 3.05) is 38.0 Å². The second-order valence-corrected chi connectivity index (χ2v) is 7.93. The molecule has 2 aromatic carbocycles. The Kier molecular flexibility index (Phi) is 6.03. The van der Waals surface area contributed by atoms with Crippen LogP contribution in [0.25, 0.3) is 11.1 Å². The van der Waals surface area contributed by atoms with Gasteiger partial charge >= 0.3 is 0 Å². The van der Waals surface area contributed by atoms with Gasteiger partial charge in [-0.05, 0) is 29.1 Å². The number of hydrogen-bond donors (Lipinski definition) is 1. The van der Waals surface area contributed by atoms with Crippen LogP contribution in [0.15, 0.2) is 72.1 Å². The summed E-state index contributed by atoms with van der Waals surface area (Å²) in [6, 6.07) is 21.5. The standard InChI is InChI=1S/C23H23N3O2S/c27-21(24-19-9-5-2-6-10-19)17-25-12-14-26(15-13-25)23(28)22-20(11-16-29-22)18-7-3-1-4-8-18/h1-11,16H,12-15,17H2,(H,24,27). The number of carbonyl (C=O) groups excluding carboxylic acids is 2. The van der Waals surface area contributed by atoms with Crippen LogP contribution in [-0.2, 0) is 4.79 Å². The Morgan fingerprint density at radius 3 is 2.21 bits per heavy atom. The lowest BCUT2D eigenvalue weighted by molar-refractivity contribution is -0.117. The van der Waals surface area contributed by atoms with Gasteiger partial charge in [-0.15, -0.1) is 11.3 Å². The van der Waals surface area contributed by atoms with E-state index in [-0.39, 0.29) is 11.8 Å². The zero-order valence-electron chi connectivity index (χ0n) is 16.1. The summed E-state index contributed by atoms with van der Waals surface area (Å²) in [6.07, 6.45) is 0. The molecule has 0 bridgehead atoms. The van der Waals surface area contributed by atoms with E-state index in [1.807, 2.05) is 77.0 Å². The van der Waals surface area contributed by atoms with Crippen molar-refractivity contribution < 1.29 is 9.59 Å². The van der Waals surface area contributed by atoms with E-state index >= 15 is 0 Å². The number of thiophene rings is 1. The summed E-state index contributed by atoms with van der Waals surface area (Å²) in [5.74, 6) is 0.0489. The van der Waals surface area contributed by atoms with Crippen LogP contribution in [-0.4, -0.2) is 54.3 Å². The van der Waals surface area contributed by atoms with Crippen LogP contribution in [0, 0.1) is 0 Å². The second-order valence-electron chi connectivity index (χ2n) is 7.01. The summed E-state index contributed by atoms with van der Waals surface area (Å²) >= 11 is 1.49. The Labute approximate surface area is 174 Å². The number of piperazine rings is 1. The van der Waals surface area contributed by atoms with Crippen LogP contribution in [0.4, 0.5) is 5.69 Å². The predicted octanol–water partition coefficient (Wildman–Crippen LogP) is 3.81. The van der Waals surface area contributed by atoms with Gasteiger partial charge < -0.3 is 10.2 Å². The van der Waals surface area contributed by atoms with Crippen molar-refractivity contribution in [1.82, 2.24) is 9.80 Å². The van der Waals surface area contributed by atoms with Crippen LogP contribution < -0.4 is 5.32 Å². The van der Waals surface area contributed by atoms with Crippen molar-refractivity contribution in [3.05, 3.63) is 77.0 Å². The third-order valence-electron chi connectivity index (χ3n) is 5.03. The first-order chi connectivity index (χ1) is 14.2. The molecule has 1 saturated heterocycles. The molecule has 4 rings (SSSR count). The largest absolute Gasteiger partial charge is 0.335 e. The van der Waals surface area contributed by atoms with E-state index in [2.05, 4.69) is 10.2 Å². The smallest absolute Gasteiger partial charge is 0.264 e. The molecule has 2 heterocycles. The molecule has 29 heavy (non-hydrogen) atoms. The van der Waals surface area contributed by atoms with Gasteiger partial charge in [0.05, 0.1) is 11.4 Å². The Balaban J connectivity index is 1.33. The molecule has 1 aromatic heterocycles. The van der Waals surface area contributed by atoms with E-state index in [0.29, 0.717) is 32.7 Å². The highest BCUT2D eigenvalue weighted by atomic mass is 32.1. The number of para-hydroxylation sites is 1. The third-order valence-corrected chi connectivity index (χ3v) is 5.93. The maximum atomic E-state index is 13.1. The summed E-state index contributed by atoms with van der Waals surface area (Å²) in [5.41, 5.74) is 2.86. The Hall–Kier alpha value is -2.96. The molecule has 1 aliphatic rings. The first-order valence-corrected chi connectivity index (χ1v) is 10.6. The van der Waals surface area contributed by atoms with E-state index in [1.165, 1.54) is 11.3 Å². The minimum absolute atomic E-state index is 0.0272. The first kappa shape index (κ1) is 19.4. The average Bonchev–Trinajstić information content (AvgIpc) is 3.25. The molecule has 3 aromatic rings. The molecular formula is C23H23N3O2S. The van der Waals surface area contributed by atoms with Gasteiger partial charge in [-0.1, -0.05) is 48.5 Å². The normalized spacial score (nSPS) is 14.6. The summed E-state index contributed by atoms with van der Waals surface area (Å²) in [5, 5.41) is 4.88. The minimum Gasteiger partial charge on any atom is -0.335 e. The number of rotatable bonds is 5. The Bertz CT molecular complexity index is 964. The Morgan fingerprint density at radius 2 is 1.52 bits per heavy atom. The number of benzene rings is 2. The molecular weight excluding hydrogens is 382 g/mol. The highest BCUT2D eigenvalue weighted by Crippen LogP contribution is 2.29. The third kappa shape index (κ3) is 4.72. The van der Waals surface area contributed by atoms with E-state index in [9.17, 15) is 9.59 Å². The molecule has 148 valence electrons. The van der Waals surface area contributed by atoms with Crippen molar-refractivity contribution in [2.24, 2.45) is 0 Å². The quantitative estimate of drug-likeness (QED) is 0.702. The molecule has 0 atom stereocenters. The predicted molar refractivity (Wildman–Crippen MR) is 117 cm³/mol. The summed E-state index contributed by atoms with van der Waals surface area (Å²) in [4.78, 5) is 30.1. The van der Waals surface area contributed by atoms with Gasteiger partial charge in [0.1, 0.15) is 0 Å². The molecule has 0 radical (unpaired) electrons. The fourth-order valence-corrected chi connectivity index (χ4v) is 4.38. The molecule has 0 unspecified atom stereocenters. The van der Waals surface area contributed by atoms with Crippen LogP contribution in [0.2, 0.25) is 0 Å². The monoisotopic (exact) mass is 405 g/mol. The zero-order chi connectivity index (χ0) is 20.1. The number of hydrogen-bond acceptors (Lipinski definition) is 4. The molecule has 0 spiro atoms. The second kappa shape index (κ2) is 9.03. The minimum atomic E-state index is -0.0272. The number of anilines is 1. The highest BCUT2D eigenvalue weighted by molar-refractivity contribution is 7.12. The van der Waals surface area contributed by atoms with E-state index in [4.69, 9.17) is 0 Å². The van der Waals surface area contributed by atoms with Crippen LogP contribution in [0.5, 0.6) is 0 Å². The van der Waals surface area contributed by atoms with E-state index < -0.39 is 0 Å². The number of amides is 2. The molecule has 6 heteroatoms. The topological polar surface area (TPSA) is 52.7 Å². The lowest BCUT2D eigenvalue weighted by atomic mass is 10.1. The van der Waals surface area contributed by atoms with Crippen LogP contribution >= 0.6 is 11.3 Å². The summed E-state index contributed by atoms with van der Waals surface area (Å²) in [6.45, 7) is 2.98. The average molecular weight is 406 g/mol. The van der Waals surface area contributed by atoms with E-state index in [0.717, 1.165) is 21.7 Å². The molecule has 2 amide bonds. The number of carbonyl (C=O) groups is 2. The number of nitrogens with zero attached hydrogens (tertiary/aromatic N) is 2. The lowest BCUT2D eigenvalue weighted by Gasteiger charge is -2.34. The van der Waals surface area contributed by atoms with E-state index in [1.54, 1.807) is 0 Å². The molecule has 5 nitrogen and oxygen atoms in total. The highest BCUT2D eigenvalue weighted by Gasteiger charge is 2.25. The zero-order valence-corrected chi connectivity index (χ0v) is 16.9. The van der Waals surface area contributed by atoms with Crippen LogP contribution in [0.1, 0.15) is 9.67 Å². The summed E-state index contributed by atoms with van der Waals surface area (Å²) in [7, 11) is 0. The molecule has 1 N–H and O–H groups in total. The van der Waals surface area contributed by atoms with Gasteiger partial charge in [-0.2, -0.15) is 0 Å². The number of nitrogens with one attached hydrogen (secondary N) is 1. The lowest BCUT2D eigenvalue weighted by Crippen LogP contribution is -2.50. The van der Waals surface area contributed by atoms with Gasteiger partial charge in [0.15, 0.2) is 0 Å². The van der Waals surface area contributed by atoms with Crippen molar-refractivity contribution >= 4 is 28.8 Å². The van der Waals surface area contributed by atoms with Crippen molar-refractivity contribution in [2.45, 2.75) is 0 Å². The fraction of sp³-hybridized carbons (Fsp3) is 0.217. The van der Waals surface area contributed by atoms with Crippen LogP contribution in [0.3, 0.4) is 0 Å². The molecule has 0 aliphatic carbocycles. The Morgan fingerprint density at radius 1 is 0.862 bits per heavy atom. The SMILES string of the molecule is O=C(CN1CCN(C(=O)c2sccc2-c2ccccc2)CC1)Nc1ccccc1. The van der Waals surface area contributed by atoms with Gasteiger partial charge in [0, 0.05) is 37.4 Å². The van der Waals surface area contributed by atoms with Crippen molar-refractivity contribution in [3.8, 4) is 11.1 Å². The van der Waals surface area contributed by atoms with Crippen molar-refractivity contribution in [1.29, 1.82) is 0 Å². The van der Waals surface area contributed by atoms with Gasteiger partial charge in [0.2, 0.25) is 5.91 Å². The maximum absolute atomic E-state index is 13.1. The summed E-state index contributed by atoms with van der Waals surface area (Å²) < 4.78 is 0. The first-order valence-electron chi connectivity index (χ1n) is 9.70.